The molecule has 4 atom stereocenters. The van der Waals surface area contributed by atoms with E-state index >= 15 is 0 Å². The molecular weight excluding hydrogens is 256 g/mol. The average Bonchev–Trinajstić information content (AvgIpc) is 2.87. The van der Waals surface area contributed by atoms with Gasteiger partial charge in [-0.2, -0.15) is 9.57 Å². The van der Waals surface area contributed by atoms with Gasteiger partial charge < -0.3 is 5.11 Å². The van der Waals surface area contributed by atoms with Gasteiger partial charge in [0.15, 0.2) is 5.25 Å². The zero-order valence-corrected chi connectivity index (χ0v) is 10.9. The normalized spacial score (nSPS) is 33.2. The number of fused-ring (bicyclic) bond motifs is 2. The third-order valence-electron chi connectivity index (χ3n) is 3.96. The Hall–Kier alpha value is -1.13. The second-order valence-corrected chi connectivity index (χ2v) is 6.90. The van der Waals surface area contributed by atoms with Crippen LogP contribution in [0.15, 0.2) is 0 Å². The number of nitriles is 1. The quantitative estimate of drug-likeness (QED) is 0.806. The van der Waals surface area contributed by atoms with Crippen LogP contribution < -0.4 is 0 Å². The molecule has 1 N–H and O–H groups in total. The maximum atomic E-state index is 12.3. The predicted octanol–water partition coefficient (Wildman–Crippen LogP) is 0.556. The highest BCUT2D eigenvalue weighted by atomic mass is 32.2. The average molecular weight is 272 g/mol. The Bertz CT molecular complexity index is 496. The van der Waals surface area contributed by atoms with Crippen molar-refractivity contribution in [2.75, 3.05) is 0 Å². The topological polar surface area (TPSA) is 98.5 Å². The Kier molecular flexibility index (Phi) is 3.34. The molecule has 100 valence electrons. The van der Waals surface area contributed by atoms with Gasteiger partial charge in [-0.25, -0.2) is 8.42 Å². The molecule has 2 aliphatic rings. The van der Waals surface area contributed by atoms with Crippen LogP contribution in [0.2, 0.25) is 0 Å². The zero-order chi connectivity index (χ0) is 13.5. The van der Waals surface area contributed by atoms with E-state index in [0.29, 0.717) is 19.3 Å². The fraction of sp³-hybridized carbons (Fsp3) is 0.818. The molecule has 0 amide bonds. The Labute approximate surface area is 106 Å². The van der Waals surface area contributed by atoms with E-state index < -0.39 is 33.2 Å². The highest BCUT2D eigenvalue weighted by molar-refractivity contribution is 7.90. The molecule has 0 aliphatic carbocycles. The van der Waals surface area contributed by atoms with Gasteiger partial charge in [0.1, 0.15) is 0 Å². The third-order valence-corrected chi connectivity index (χ3v) is 6.27. The van der Waals surface area contributed by atoms with Crippen molar-refractivity contribution in [3.63, 3.8) is 0 Å². The number of nitrogens with zero attached hydrogens (tertiary/aromatic N) is 2. The Morgan fingerprint density at radius 3 is 2.67 bits per heavy atom. The molecule has 0 aromatic heterocycles. The van der Waals surface area contributed by atoms with E-state index in [1.54, 1.807) is 13.0 Å². The first-order valence-electron chi connectivity index (χ1n) is 6.08. The maximum Gasteiger partial charge on any atom is 0.308 e. The van der Waals surface area contributed by atoms with Crippen LogP contribution in [0.4, 0.5) is 0 Å². The standard InChI is InChI=1S/C11H16N2O4S/c1-2-8(6-12)18(16,17)13-7-3-4-10(13)9(5-7)11(14)15/h7-10H,2-5H2,1H3,(H,14,15). The fourth-order valence-corrected chi connectivity index (χ4v) is 5.20. The van der Waals surface area contributed by atoms with Crippen LogP contribution in [0.1, 0.15) is 32.6 Å². The molecule has 2 bridgehead atoms. The number of carbonyl (C=O) groups is 1. The number of aliphatic carboxylic acids is 1. The molecule has 2 aliphatic heterocycles. The Morgan fingerprint density at radius 2 is 2.22 bits per heavy atom. The Morgan fingerprint density at radius 1 is 1.56 bits per heavy atom. The van der Waals surface area contributed by atoms with Crippen LogP contribution in [0, 0.1) is 17.2 Å². The molecular formula is C11H16N2O4S. The summed E-state index contributed by atoms with van der Waals surface area (Å²) < 4.78 is 26.0. The lowest BCUT2D eigenvalue weighted by Gasteiger charge is -2.24. The van der Waals surface area contributed by atoms with E-state index in [1.807, 2.05) is 0 Å². The van der Waals surface area contributed by atoms with E-state index in [1.165, 1.54) is 4.31 Å². The summed E-state index contributed by atoms with van der Waals surface area (Å²) in [5.74, 6) is -1.55. The van der Waals surface area contributed by atoms with Crippen molar-refractivity contribution < 1.29 is 18.3 Å². The van der Waals surface area contributed by atoms with Crippen molar-refractivity contribution in [3.05, 3.63) is 0 Å². The smallest absolute Gasteiger partial charge is 0.308 e. The molecule has 4 unspecified atom stereocenters. The first-order chi connectivity index (χ1) is 8.43. The van der Waals surface area contributed by atoms with Crippen molar-refractivity contribution in [1.29, 1.82) is 5.26 Å². The van der Waals surface area contributed by atoms with E-state index in [0.717, 1.165) is 0 Å². The number of rotatable bonds is 4. The van der Waals surface area contributed by atoms with Crippen LogP contribution >= 0.6 is 0 Å². The summed E-state index contributed by atoms with van der Waals surface area (Å²) in [4.78, 5) is 11.1. The second kappa shape index (κ2) is 4.52. The molecule has 0 radical (unpaired) electrons. The molecule has 6 nitrogen and oxygen atoms in total. The van der Waals surface area contributed by atoms with Crippen molar-refractivity contribution in [2.24, 2.45) is 5.92 Å². The SMILES string of the molecule is CCC(C#N)S(=O)(=O)N1C2CCC1C(C(=O)O)C2. The zero-order valence-electron chi connectivity index (χ0n) is 10.1. The van der Waals surface area contributed by atoms with E-state index in [2.05, 4.69) is 0 Å². The van der Waals surface area contributed by atoms with E-state index in [9.17, 15) is 13.2 Å². The molecule has 0 aromatic carbocycles. The van der Waals surface area contributed by atoms with Crippen molar-refractivity contribution in [3.8, 4) is 6.07 Å². The molecule has 0 aromatic rings. The maximum absolute atomic E-state index is 12.3. The minimum absolute atomic E-state index is 0.229. The second-order valence-electron chi connectivity index (χ2n) is 4.88. The van der Waals surface area contributed by atoms with Gasteiger partial charge in [-0.05, 0) is 25.7 Å². The van der Waals surface area contributed by atoms with Gasteiger partial charge in [0.25, 0.3) is 0 Å². The van der Waals surface area contributed by atoms with Gasteiger partial charge in [-0.15, -0.1) is 0 Å². The highest BCUT2D eigenvalue weighted by Crippen LogP contribution is 2.44. The summed E-state index contributed by atoms with van der Waals surface area (Å²) in [6.07, 6.45) is 1.89. The molecule has 2 rings (SSSR count). The number of sulfonamides is 1. The molecule has 18 heavy (non-hydrogen) atoms. The third kappa shape index (κ3) is 1.80. The van der Waals surface area contributed by atoms with Gasteiger partial charge in [0.05, 0.1) is 12.0 Å². The first kappa shape index (κ1) is 13.3. The largest absolute Gasteiger partial charge is 0.481 e. The van der Waals surface area contributed by atoms with Crippen LogP contribution in [0.3, 0.4) is 0 Å². The molecule has 2 heterocycles. The van der Waals surface area contributed by atoms with Gasteiger partial charge in [-0.1, -0.05) is 6.92 Å². The molecule has 2 fully saturated rings. The summed E-state index contributed by atoms with van der Waals surface area (Å²) in [5.41, 5.74) is 0. The highest BCUT2D eigenvalue weighted by Gasteiger charge is 2.55. The summed E-state index contributed by atoms with van der Waals surface area (Å²) in [6.45, 7) is 1.65. The van der Waals surface area contributed by atoms with Gasteiger partial charge in [0, 0.05) is 12.1 Å². The van der Waals surface area contributed by atoms with E-state index in [-0.39, 0.29) is 12.5 Å². The van der Waals surface area contributed by atoms with Crippen molar-refractivity contribution in [1.82, 2.24) is 4.31 Å². The molecule has 2 saturated heterocycles. The summed E-state index contributed by atoms with van der Waals surface area (Å²) in [5, 5.41) is 16.9. The van der Waals surface area contributed by atoms with Gasteiger partial charge in [-0.3, -0.25) is 4.79 Å². The molecule has 0 spiro atoms. The minimum atomic E-state index is -3.69. The molecule has 7 heteroatoms. The summed E-state index contributed by atoms with van der Waals surface area (Å²) in [7, 11) is -3.69. The summed E-state index contributed by atoms with van der Waals surface area (Å²) >= 11 is 0. The minimum Gasteiger partial charge on any atom is -0.481 e. The van der Waals surface area contributed by atoms with Crippen LogP contribution in [-0.4, -0.2) is 41.1 Å². The lowest BCUT2D eigenvalue weighted by Crippen LogP contribution is -2.42. The van der Waals surface area contributed by atoms with Crippen molar-refractivity contribution >= 4 is 16.0 Å². The number of carboxylic acids is 1. The summed E-state index contributed by atoms with van der Waals surface area (Å²) in [6, 6.07) is 1.11. The number of hydrogen-bond acceptors (Lipinski definition) is 4. The fourth-order valence-electron chi connectivity index (χ4n) is 3.12. The van der Waals surface area contributed by atoms with Crippen molar-refractivity contribution in [2.45, 2.75) is 49.9 Å². The predicted molar refractivity (Wildman–Crippen MR) is 63.0 cm³/mol. The lowest BCUT2D eigenvalue weighted by atomic mass is 9.89. The van der Waals surface area contributed by atoms with E-state index in [4.69, 9.17) is 10.4 Å². The van der Waals surface area contributed by atoms with Gasteiger partial charge >= 0.3 is 5.97 Å². The first-order valence-corrected chi connectivity index (χ1v) is 7.58. The Balaban J connectivity index is 2.31. The van der Waals surface area contributed by atoms with Gasteiger partial charge in [0.2, 0.25) is 10.0 Å². The monoisotopic (exact) mass is 272 g/mol. The number of hydrogen-bond donors (Lipinski definition) is 1. The van der Waals surface area contributed by atoms with Crippen LogP contribution in [-0.2, 0) is 14.8 Å². The van der Waals surface area contributed by atoms with Crippen LogP contribution in [0.5, 0.6) is 0 Å². The lowest BCUT2D eigenvalue weighted by molar-refractivity contribution is -0.142. The van der Waals surface area contributed by atoms with Crippen LogP contribution in [0.25, 0.3) is 0 Å². The molecule has 0 saturated carbocycles. The number of carboxylic acid groups (broad SMARTS) is 1.